The highest BCUT2D eigenvalue weighted by Gasteiger charge is 2.69. The van der Waals surface area contributed by atoms with Crippen LogP contribution in [0.3, 0.4) is 0 Å². The maximum atomic E-state index is 15.3. The van der Waals surface area contributed by atoms with E-state index in [2.05, 4.69) is 73.5 Å². The predicted molar refractivity (Wildman–Crippen MR) is 237 cm³/mol. The van der Waals surface area contributed by atoms with Crippen molar-refractivity contribution >= 4 is 38.9 Å². The number of ketones is 1. The van der Waals surface area contributed by atoms with Crippen LogP contribution in [0.25, 0.3) is 10.1 Å². The van der Waals surface area contributed by atoms with E-state index in [4.69, 9.17) is 37.9 Å². The molecule has 2 aromatic rings. The van der Waals surface area contributed by atoms with Crippen LogP contribution < -0.4 is 4.90 Å². The van der Waals surface area contributed by atoms with Crippen LogP contribution in [0.5, 0.6) is 0 Å². The molecular formula is C49H70N2O10S. The molecule has 342 valence electrons. The summed E-state index contributed by atoms with van der Waals surface area (Å²) in [5.41, 5.74) is 1.99. The fourth-order valence-electron chi connectivity index (χ4n) is 13.1. The summed E-state index contributed by atoms with van der Waals surface area (Å²) in [4.78, 5) is 34.2. The summed E-state index contributed by atoms with van der Waals surface area (Å²) < 4.78 is 52.1. The van der Waals surface area contributed by atoms with Crippen molar-refractivity contribution in [3.05, 3.63) is 41.3 Å². The Morgan fingerprint density at radius 2 is 1.63 bits per heavy atom. The fraction of sp³-hybridized carbons (Fsp3) is 0.755. The number of benzene rings is 1. The van der Waals surface area contributed by atoms with Gasteiger partial charge in [-0.3, -0.25) is 9.59 Å². The lowest BCUT2D eigenvalue weighted by atomic mass is 9.66. The minimum atomic E-state index is -0.623. The second-order valence-corrected chi connectivity index (χ2v) is 20.6. The molecule has 3 aliphatic carbocycles. The first-order valence-corrected chi connectivity index (χ1v) is 24.4. The van der Waals surface area contributed by atoms with E-state index in [1.807, 2.05) is 13.8 Å². The molecule has 0 spiro atoms. The molecule has 7 aliphatic rings. The summed E-state index contributed by atoms with van der Waals surface area (Å²) in [6.45, 7) is 8.26. The summed E-state index contributed by atoms with van der Waals surface area (Å²) in [5, 5.41) is 3.39. The summed E-state index contributed by atoms with van der Waals surface area (Å²) in [6.07, 6.45) is 6.04. The molecule has 62 heavy (non-hydrogen) atoms. The maximum Gasteiger partial charge on any atom is 0.306 e. The third-order valence-electron chi connectivity index (χ3n) is 16.1. The Bertz CT molecular complexity index is 1940. The quantitative estimate of drug-likeness (QED) is 0.175. The van der Waals surface area contributed by atoms with Gasteiger partial charge in [-0.05, 0) is 144 Å². The van der Waals surface area contributed by atoms with Gasteiger partial charge >= 0.3 is 5.97 Å². The average Bonchev–Trinajstić information content (AvgIpc) is 3.52. The summed E-state index contributed by atoms with van der Waals surface area (Å²) in [6, 6.07) is 9.77. The first-order chi connectivity index (χ1) is 29.9. The lowest BCUT2D eigenvalue weighted by Gasteiger charge is -2.44. The van der Waals surface area contributed by atoms with Gasteiger partial charge in [-0.1, -0.05) is 19.9 Å². The van der Waals surface area contributed by atoms with Gasteiger partial charge in [0.05, 0.1) is 42.9 Å². The number of cyclic esters (lactones) is 1. The standard InChI is InChI=1S/C49H70N2O10S/c1-10-30-12-11-13-38(61-41-17-15-37(50(5)6)26(3)57-41)25(2)45(53)36-23-33-32-21-31(60-49-48(56-9)47(55-8)46(54-7)27(4)58-49)22-35(32)43-44(42(33)34(36)24-40(52)59-30)51(43)29-14-16-39-28(20-29)18-19-62-39/h14,16,18-20,23,25-27,30-35,37-38,41-44,46-49H,10-13,15,17,21-22,24H2,1-9H3/t25-,26?,27?,30+,31+,32+,33+,34-,35-,37+,38+,41+,42-,43+,44-,46+,47?,48+,49+,51?/m1/s1. The third-order valence-corrected chi connectivity index (χ3v) is 17.0. The number of rotatable bonds is 10. The number of anilines is 1. The Morgan fingerprint density at radius 1 is 0.855 bits per heavy atom. The minimum Gasteiger partial charge on any atom is -0.462 e. The number of hydrogen-bond donors (Lipinski definition) is 0. The highest BCUT2D eigenvalue weighted by Crippen LogP contribution is 2.65. The van der Waals surface area contributed by atoms with Gasteiger partial charge in [0.15, 0.2) is 18.4 Å². The molecule has 0 radical (unpaired) electrons. The van der Waals surface area contributed by atoms with Gasteiger partial charge in [-0.15, -0.1) is 11.3 Å². The Hall–Kier alpha value is -2.46. The van der Waals surface area contributed by atoms with Crippen LogP contribution in [0.2, 0.25) is 0 Å². The van der Waals surface area contributed by atoms with E-state index in [0.717, 1.165) is 50.5 Å². The molecule has 0 bridgehead atoms. The number of fused-ring (bicyclic) bond motifs is 9. The third kappa shape index (κ3) is 8.23. The summed E-state index contributed by atoms with van der Waals surface area (Å²) >= 11 is 1.76. The number of Topliss-reactive ketones (excluding diaryl/α,β-unsaturated/α-hetero) is 1. The van der Waals surface area contributed by atoms with E-state index < -0.39 is 18.3 Å². The van der Waals surface area contributed by atoms with Crippen molar-refractivity contribution in [3.63, 3.8) is 0 Å². The van der Waals surface area contributed by atoms with Crippen molar-refractivity contribution in [3.8, 4) is 0 Å². The smallest absolute Gasteiger partial charge is 0.306 e. The van der Waals surface area contributed by atoms with E-state index in [-0.39, 0.29) is 103 Å². The Labute approximate surface area is 372 Å². The number of carbonyl (C=O) groups is 2. The Balaban J connectivity index is 1.04. The van der Waals surface area contributed by atoms with E-state index >= 15 is 4.79 Å². The lowest BCUT2D eigenvalue weighted by molar-refractivity contribution is -0.314. The molecule has 3 unspecified atom stereocenters. The Kier molecular flexibility index (Phi) is 13.3. The zero-order valence-corrected chi connectivity index (χ0v) is 39.0. The number of thiophene rings is 1. The number of nitrogens with zero attached hydrogens (tertiary/aromatic N) is 2. The van der Waals surface area contributed by atoms with Crippen molar-refractivity contribution in [2.45, 2.75) is 165 Å². The first kappa shape index (κ1) is 44.7. The van der Waals surface area contributed by atoms with Crippen molar-refractivity contribution in [2.75, 3.05) is 40.3 Å². The van der Waals surface area contributed by atoms with Crippen LogP contribution in [0, 0.1) is 35.5 Å². The van der Waals surface area contributed by atoms with Crippen LogP contribution in [-0.2, 0) is 47.5 Å². The highest BCUT2D eigenvalue weighted by atomic mass is 32.1. The van der Waals surface area contributed by atoms with Gasteiger partial charge in [-0.2, -0.15) is 0 Å². The van der Waals surface area contributed by atoms with Crippen molar-refractivity contribution in [1.82, 2.24) is 4.90 Å². The molecule has 2 saturated carbocycles. The molecule has 5 heterocycles. The van der Waals surface area contributed by atoms with Crippen molar-refractivity contribution in [1.29, 1.82) is 0 Å². The van der Waals surface area contributed by atoms with E-state index in [0.29, 0.717) is 18.4 Å². The molecule has 1 aromatic heterocycles. The van der Waals surface area contributed by atoms with Gasteiger partial charge in [0, 0.05) is 49.6 Å². The second-order valence-electron chi connectivity index (χ2n) is 19.6. The molecule has 9 rings (SSSR count). The topological polar surface area (TPSA) is 114 Å². The number of methoxy groups -OCH3 is 3. The van der Waals surface area contributed by atoms with E-state index in [1.54, 1.807) is 32.7 Å². The molecule has 12 nitrogen and oxygen atoms in total. The molecule has 1 aromatic carbocycles. The van der Waals surface area contributed by atoms with Gasteiger partial charge in [0.1, 0.15) is 24.4 Å². The van der Waals surface area contributed by atoms with Crippen molar-refractivity contribution in [2.24, 2.45) is 35.5 Å². The Morgan fingerprint density at radius 3 is 2.35 bits per heavy atom. The molecule has 4 saturated heterocycles. The molecule has 6 fully saturated rings. The van der Waals surface area contributed by atoms with Crippen LogP contribution in [0.15, 0.2) is 41.3 Å². The fourth-order valence-corrected chi connectivity index (χ4v) is 13.9. The van der Waals surface area contributed by atoms with Crippen LogP contribution >= 0.6 is 11.3 Å². The molecule has 19 atom stereocenters. The molecular weight excluding hydrogens is 809 g/mol. The van der Waals surface area contributed by atoms with Gasteiger partial charge < -0.3 is 47.7 Å². The molecule has 4 aliphatic heterocycles. The van der Waals surface area contributed by atoms with Gasteiger partial charge in [0.2, 0.25) is 0 Å². The first-order valence-electron chi connectivity index (χ1n) is 23.5. The van der Waals surface area contributed by atoms with Crippen LogP contribution in [0.4, 0.5) is 5.69 Å². The number of ether oxygens (including phenoxy) is 8. The normalized spacial score (nSPS) is 43.5. The summed E-state index contributed by atoms with van der Waals surface area (Å²) in [7, 11) is 9.23. The molecule has 0 amide bonds. The average molecular weight is 879 g/mol. The zero-order chi connectivity index (χ0) is 43.6. The molecule has 13 heteroatoms. The van der Waals surface area contributed by atoms with E-state index in [9.17, 15) is 4.79 Å². The number of hydrogen-bond acceptors (Lipinski definition) is 13. The summed E-state index contributed by atoms with van der Waals surface area (Å²) in [5.74, 6) is -0.00985. The van der Waals surface area contributed by atoms with Gasteiger partial charge in [0.25, 0.3) is 0 Å². The van der Waals surface area contributed by atoms with Crippen LogP contribution in [0.1, 0.15) is 85.5 Å². The monoisotopic (exact) mass is 878 g/mol. The molecule has 0 N–H and O–H groups in total. The minimum absolute atomic E-state index is 0.0223. The number of allylic oxidation sites excluding steroid dienone is 2. The number of esters is 1. The SMILES string of the molecule is CC[C@H]1CCC[C@H](O[C@H]2CC[C@H](N(C)C)C(C)O2)[C@@H](C)C(=O)C2=C[C@H]3[C@@H]4C[C@H](O[C@@H]5OC(C)[C@H](OC)C(OC)[C@@H]5OC)C[C@H]4[C@H]4[C@@H]([C@H]3[C@@H]2CC(=O)O1)N4c1ccc2sccc2c1. The van der Waals surface area contributed by atoms with Crippen LogP contribution in [-0.4, -0.2) is 132 Å². The number of likely N-dealkylation sites (N-methyl/N-ethyl adjacent to an activating group) is 1. The second kappa shape index (κ2) is 18.4. The number of carbonyl (C=O) groups excluding carboxylic acids is 2. The predicted octanol–water partition coefficient (Wildman–Crippen LogP) is 7.40. The lowest BCUT2D eigenvalue weighted by Crippen LogP contribution is -2.59. The van der Waals surface area contributed by atoms with Gasteiger partial charge in [-0.25, -0.2) is 0 Å². The van der Waals surface area contributed by atoms with E-state index in [1.165, 1.54) is 15.8 Å². The highest BCUT2D eigenvalue weighted by molar-refractivity contribution is 7.17. The largest absolute Gasteiger partial charge is 0.462 e. The van der Waals surface area contributed by atoms with Crippen molar-refractivity contribution < 1.29 is 47.5 Å². The zero-order valence-electron chi connectivity index (χ0n) is 38.2. The maximum absolute atomic E-state index is 15.3.